The van der Waals surface area contributed by atoms with E-state index in [0.29, 0.717) is 30.3 Å². The number of rotatable bonds is 10. The molecule has 1 aliphatic heterocycles. The van der Waals surface area contributed by atoms with Gasteiger partial charge >= 0.3 is 0 Å². The first-order valence-corrected chi connectivity index (χ1v) is 11.6. The fourth-order valence-corrected chi connectivity index (χ4v) is 4.82. The van der Waals surface area contributed by atoms with Crippen molar-refractivity contribution in [3.05, 3.63) is 42.5 Å². The van der Waals surface area contributed by atoms with E-state index in [1.165, 1.54) is 39.5 Å². The summed E-state index contributed by atoms with van der Waals surface area (Å²) in [5.74, 6) is 0.809. The summed E-state index contributed by atoms with van der Waals surface area (Å²) in [4.78, 5) is 12.6. The first kappa shape index (κ1) is 23.7. The number of hydrogen-bond donors (Lipinski definition) is 1. The minimum absolute atomic E-state index is 0.0297. The lowest BCUT2D eigenvalue weighted by Gasteiger charge is -2.25. The standard InChI is InChI=1S/C22H28N2O7S/c1-28-17-8-6-16(7-9-17)24(15-22(25)23-14-18-5-4-12-31-18)32(26,27)19-10-11-20(29-2)21(13-19)30-3/h6-11,13,18H,4-5,12,14-15H2,1-3H3,(H,23,25). The second-order valence-corrected chi connectivity index (χ2v) is 9.03. The van der Waals surface area contributed by atoms with Gasteiger partial charge in [0.2, 0.25) is 5.91 Å². The SMILES string of the molecule is COc1ccc(N(CC(=O)NCC2CCCO2)S(=O)(=O)c2ccc(OC)c(OC)c2)cc1. The number of benzene rings is 2. The number of carbonyl (C=O) groups is 1. The molecule has 2 aromatic carbocycles. The zero-order valence-corrected chi connectivity index (χ0v) is 19.2. The van der Waals surface area contributed by atoms with Crippen molar-refractivity contribution in [1.29, 1.82) is 0 Å². The number of nitrogens with one attached hydrogen (secondary N) is 1. The third-order valence-electron chi connectivity index (χ3n) is 5.14. The molecule has 0 spiro atoms. The molecule has 174 valence electrons. The molecule has 2 aromatic rings. The molecule has 0 saturated carbocycles. The molecule has 9 nitrogen and oxygen atoms in total. The Hall–Kier alpha value is -2.98. The Kier molecular flexibility index (Phi) is 7.81. The summed E-state index contributed by atoms with van der Waals surface area (Å²) in [6, 6.07) is 10.7. The molecule has 1 atom stereocenters. The molecule has 3 rings (SSSR count). The lowest BCUT2D eigenvalue weighted by molar-refractivity contribution is -0.120. The number of methoxy groups -OCH3 is 3. The fourth-order valence-electron chi connectivity index (χ4n) is 3.39. The zero-order chi connectivity index (χ0) is 23.1. The number of carbonyl (C=O) groups excluding carboxylic acids is 1. The van der Waals surface area contributed by atoms with Crippen molar-refractivity contribution in [2.75, 3.05) is 45.3 Å². The number of anilines is 1. The van der Waals surface area contributed by atoms with Gasteiger partial charge in [0.05, 0.1) is 38.0 Å². The van der Waals surface area contributed by atoms with Crippen LogP contribution in [-0.2, 0) is 19.6 Å². The second-order valence-electron chi connectivity index (χ2n) is 7.17. The number of sulfonamides is 1. The highest BCUT2D eigenvalue weighted by atomic mass is 32.2. The Morgan fingerprint density at radius 3 is 2.38 bits per heavy atom. The highest BCUT2D eigenvalue weighted by Crippen LogP contribution is 2.32. The Bertz CT molecular complexity index is 1020. The molecule has 1 N–H and O–H groups in total. The van der Waals surface area contributed by atoms with E-state index in [9.17, 15) is 13.2 Å². The summed E-state index contributed by atoms with van der Waals surface area (Å²) >= 11 is 0. The Morgan fingerprint density at radius 1 is 1.06 bits per heavy atom. The molecule has 0 bridgehead atoms. The van der Waals surface area contributed by atoms with Crippen molar-refractivity contribution in [3.63, 3.8) is 0 Å². The van der Waals surface area contributed by atoms with Gasteiger partial charge in [0.15, 0.2) is 11.5 Å². The van der Waals surface area contributed by atoms with Crippen LogP contribution in [0.1, 0.15) is 12.8 Å². The lowest BCUT2D eigenvalue weighted by Crippen LogP contribution is -2.42. The molecule has 1 amide bonds. The summed E-state index contributed by atoms with van der Waals surface area (Å²) in [5, 5.41) is 2.77. The summed E-state index contributed by atoms with van der Waals surface area (Å²) in [5.41, 5.74) is 0.327. The predicted molar refractivity (Wildman–Crippen MR) is 119 cm³/mol. The summed E-state index contributed by atoms with van der Waals surface area (Å²) in [7, 11) is 0.312. The number of hydrogen-bond acceptors (Lipinski definition) is 7. The van der Waals surface area contributed by atoms with Gasteiger partial charge in [0.25, 0.3) is 10.0 Å². The normalized spacial score (nSPS) is 15.8. The van der Waals surface area contributed by atoms with Gasteiger partial charge < -0.3 is 24.3 Å². The smallest absolute Gasteiger partial charge is 0.264 e. The van der Waals surface area contributed by atoms with Gasteiger partial charge in [-0.25, -0.2) is 8.42 Å². The quantitative estimate of drug-likeness (QED) is 0.575. The lowest BCUT2D eigenvalue weighted by atomic mass is 10.2. The maximum Gasteiger partial charge on any atom is 0.264 e. The Labute approximate surface area is 188 Å². The highest BCUT2D eigenvalue weighted by Gasteiger charge is 2.29. The largest absolute Gasteiger partial charge is 0.497 e. The van der Waals surface area contributed by atoms with E-state index in [2.05, 4.69) is 5.32 Å². The average molecular weight is 465 g/mol. The molecule has 1 heterocycles. The Balaban J connectivity index is 1.90. The van der Waals surface area contributed by atoms with Gasteiger partial charge in [-0.15, -0.1) is 0 Å². The van der Waals surface area contributed by atoms with Gasteiger partial charge in [0.1, 0.15) is 12.3 Å². The molecule has 1 saturated heterocycles. The molecule has 1 fully saturated rings. The molecular weight excluding hydrogens is 436 g/mol. The van der Waals surface area contributed by atoms with Crippen LogP contribution in [0.2, 0.25) is 0 Å². The topological polar surface area (TPSA) is 103 Å². The van der Waals surface area contributed by atoms with Crippen LogP contribution in [0.4, 0.5) is 5.69 Å². The summed E-state index contributed by atoms with van der Waals surface area (Å²) in [6.07, 6.45) is 1.77. The van der Waals surface area contributed by atoms with Crippen LogP contribution in [0.25, 0.3) is 0 Å². The summed E-state index contributed by atoms with van der Waals surface area (Å²) in [6.45, 7) is 0.619. The maximum atomic E-state index is 13.5. The van der Waals surface area contributed by atoms with Crippen molar-refractivity contribution in [2.45, 2.75) is 23.8 Å². The predicted octanol–water partition coefficient (Wildman–Crippen LogP) is 2.20. The van der Waals surface area contributed by atoms with Crippen LogP contribution in [0.15, 0.2) is 47.4 Å². The van der Waals surface area contributed by atoms with Crippen LogP contribution in [-0.4, -0.2) is 61.5 Å². The van der Waals surface area contributed by atoms with E-state index in [1.807, 2.05) is 0 Å². The van der Waals surface area contributed by atoms with Gasteiger partial charge in [-0.1, -0.05) is 0 Å². The number of amides is 1. The van der Waals surface area contributed by atoms with Crippen LogP contribution in [0.3, 0.4) is 0 Å². The van der Waals surface area contributed by atoms with E-state index < -0.39 is 22.5 Å². The second kappa shape index (κ2) is 10.6. The van der Waals surface area contributed by atoms with Crippen LogP contribution >= 0.6 is 0 Å². The molecule has 1 unspecified atom stereocenters. The van der Waals surface area contributed by atoms with Gasteiger partial charge in [-0.2, -0.15) is 0 Å². The van der Waals surface area contributed by atoms with Gasteiger partial charge in [-0.05, 0) is 49.2 Å². The van der Waals surface area contributed by atoms with Gasteiger partial charge in [0, 0.05) is 19.2 Å². The number of nitrogens with zero attached hydrogens (tertiary/aromatic N) is 1. The van der Waals surface area contributed by atoms with E-state index in [-0.39, 0.29) is 16.7 Å². The molecule has 0 aromatic heterocycles. The monoisotopic (exact) mass is 464 g/mol. The van der Waals surface area contributed by atoms with Crippen LogP contribution in [0.5, 0.6) is 17.2 Å². The first-order chi connectivity index (χ1) is 15.4. The highest BCUT2D eigenvalue weighted by molar-refractivity contribution is 7.92. The molecule has 10 heteroatoms. The van der Waals surface area contributed by atoms with E-state index >= 15 is 0 Å². The third-order valence-corrected chi connectivity index (χ3v) is 6.91. The molecule has 0 aliphatic carbocycles. The van der Waals surface area contributed by atoms with Crippen molar-refractivity contribution in [2.24, 2.45) is 0 Å². The van der Waals surface area contributed by atoms with Crippen molar-refractivity contribution >= 4 is 21.6 Å². The maximum absolute atomic E-state index is 13.5. The Morgan fingerprint density at radius 2 is 1.78 bits per heavy atom. The van der Waals surface area contributed by atoms with E-state index in [1.54, 1.807) is 24.3 Å². The van der Waals surface area contributed by atoms with Crippen LogP contribution < -0.4 is 23.8 Å². The molecule has 0 radical (unpaired) electrons. The van der Waals surface area contributed by atoms with Crippen LogP contribution in [0, 0.1) is 0 Å². The molecule has 32 heavy (non-hydrogen) atoms. The van der Waals surface area contributed by atoms with Crippen molar-refractivity contribution < 1.29 is 32.2 Å². The zero-order valence-electron chi connectivity index (χ0n) is 18.4. The van der Waals surface area contributed by atoms with Crippen molar-refractivity contribution in [3.8, 4) is 17.2 Å². The number of ether oxygens (including phenoxy) is 4. The summed E-state index contributed by atoms with van der Waals surface area (Å²) < 4.78 is 49.3. The molecular formula is C22H28N2O7S. The van der Waals surface area contributed by atoms with Gasteiger partial charge in [-0.3, -0.25) is 9.10 Å². The minimum Gasteiger partial charge on any atom is -0.497 e. The average Bonchev–Trinajstić information content (AvgIpc) is 3.34. The third kappa shape index (κ3) is 5.43. The molecule has 1 aliphatic rings. The van der Waals surface area contributed by atoms with E-state index in [0.717, 1.165) is 17.1 Å². The fraction of sp³-hybridized carbons (Fsp3) is 0.409. The van der Waals surface area contributed by atoms with E-state index in [4.69, 9.17) is 18.9 Å². The van der Waals surface area contributed by atoms with Crippen molar-refractivity contribution in [1.82, 2.24) is 5.32 Å². The minimum atomic E-state index is -4.10. The first-order valence-electron chi connectivity index (χ1n) is 10.2.